The fourth-order valence-electron chi connectivity index (χ4n) is 5.84. The third-order valence-electron chi connectivity index (χ3n) is 8.33. The van der Waals surface area contributed by atoms with E-state index < -0.39 is 11.7 Å². The minimum Gasteiger partial charge on any atom is -0.469 e. The highest BCUT2D eigenvalue weighted by Gasteiger charge is 2.54. The predicted molar refractivity (Wildman–Crippen MR) is 150 cm³/mol. The van der Waals surface area contributed by atoms with Crippen LogP contribution < -0.4 is 5.32 Å². The Balaban J connectivity index is 0.00000216. The summed E-state index contributed by atoms with van der Waals surface area (Å²) in [6.45, 7) is 12.7. The largest absolute Gasteiger partial charge is 0.469 e. The number of carbonyl (C=O) groups is 2. The van der Waals surface area contributed by atoms with Crippen molar-refractivity contribution in [2.45, 2.75) is 79.6 Å². The number of ether oxygens (including phenoxy) is 1. The van der Waals surface area contributed by atoms with Gasteiger partial charge in [-0.15, -0.1) is 0 Å². The number of esters is 1. The minimum atomic E-state index is -4.39. The Morgan fingerprint density at radius 2 is 1.80 bits per heavy atom. The van der Waals surface area contributed by atoms with Crippen LogP contribution in [0.2, 0.25) is 0 Å². The molecule has 4 rings (SSSR count). The van der Waals surface area contributed by atoms with Gasteiger partial charge in [-0.05, 0) is 66.3 Å². The summed E-state index contributed by atoms with van der Waals surface area (Å²) in [7, 11) is 1.39. The number of nitrogens with zero attached hydrogens (tertiary/aromatic N) is 2. The molecule has 9 heteroatoms. The summed E-state index contributed by atoms with van der Waals surface area (Å²) < 4.78 is 45.7. The summed E-state index contributed by atoms with van der Waals surface area (Å²) in [5, 5.41) is 8.44. The standard InChI is InChI=1S/C29H34F3N3O3.C2H6/c1-6-35-23-9-7-8-20(14-19-10-12-21(13-11-19)29(30,31)32)25(23)26(34-35)27(37)33-22-15-28(17(2)3,18(22)4)16-24(36)38-5;1-2/h7-13,17-18,22H,6,14-16H2,1-5H3,(H,33,37);1-2H3. The summed E-state index contributed by atoms with van der Waals surface area (Å²) in [5.74, 6) is -0.248. The second-order valence-electron chi connectivity index (χ2n) is 10.6. The number of hydrogen-bond acceptors (Lipinski definition) is 4. The van der Waals surface area contributed by atoms with Gasteiger partial charge in [-0.2, -0.15) is 18.3 Å². The molecule has 40 heavy (non-hydrogen) atoms. The van der Waals surface area contributed by atoms with Crippen LogP contribution in [0.3, 0.4) is 0 Å². The van der Waals surface area contributed by atoms with Crippen molar-refractivity contribution in [3.63, 3.8) is 0 Å². The van der Waals surface area contributed by atoms with Gasteiger partial charge in [-0.3, -0.25) is 14.3 Å². The molecule has 1 aliphatic carbocycles. The highest BCUT2D eigenvalue weighted by atomic mass is 19.4. The number of aryl methyl sites for hydroxylation is 1. The molecule has 0 aliphatic heterocycles. The van der Waals surface area contributed by atoms with Crippen LogP contribution in [-0.4, -0.2) is 34.8 Å². The highest BCUT2D eigenvalue weighted by Crippen LogP contribution is 2.54. The maximum Gasteiger partial charge on any atom is 0.416 e. The van der Waals surface area contributed by atoms with Gasteiger partial charge in [0.25, 0.3) is 5.91 Å². The van der Waals surface area contributed by atoms with Crippen LogP contribution in [0.15, 0.2) is 42.5 Å². The van der Waals surface area contributed by atoms with Gasteiger partial charge in [0.05, 0.1) is 24.6 Å². The van der Waals surface area contributed by atoms with Crippen molar-refractivity contribution >= 4 is 22.8 Å². The first-order valence-electron chi connectivity index (χ1n) is 13.9. The van der Waals surface area contributed by atoms with Crippen molar-refractivity contribution in [3.8, 4) is 0 Å². The lowest BCUT2D eigenvalue weighted by Crippen LogP contribution is -2.60. The zero-order valence-electron chi connectivity index (χ0n) is 24.4. The molecule has 218 valence electrons. The van der Waals surface area contributed by atoms with Gasteiger partial charge < -0.3 is 10.1 Å². The van der Waals surface area contributed by atoms with Gasteiger partial charge in [0.2, 0.25) is 0 Å². The van der Waals surface area contributed by atoms with Gasteiger partial charge in [-0.25, -0.2) is 0 Å². The van der Waals surface area contributed by atoms with Gasteiger partial charge >= 0.3 is 12.1 Å². The second kappa shape index (κ2) is 12.4. The number of halogens is 3. The van der Waals surface area contributed by atoms with E-state index in [-0.39, 0.29) is 35.2 Å². The Bertz CT molecular complexity index is 1330. The SMILES string of the molecule is CC.CCn1nc(C(=O)NC2CC(CC(=O)OC)(C(C)C)C2C)c2c(Cc3ccc(C(F)(F)F)cc3)cccc21. The zero-order valence-corrected chi connectivity index (χ0v) is 24.4. The summed E-state index contributed by atoms with van der Waals surface area (Å²) in [6.07, 6.45) is -3.06. The van der Waals surface area contributed by atoms with Crippen LogP contribution in [0, 0.1) is 17.3 Å². The van der Waals surface area contributed by atoms with Crippen molar-refractivity contribution in [1.82, 2.24) is 15.1 Å². The molecule has 3 aromatic rings. The number of amides is 1. The molecule has 1 aliphatic rings. The molecule has 1 saturated carbocycles. The molecule has 1 amide bonds. The summed E-state index contributed by atoms with van der Waals surface area (Å²) in [5.41, 5.74) is 1.67. The molecule has 1 aromatic heterocycles. The zero-order chi connectivity index (χ0) is 29.8. The van der Waals surface area contributed by atoms with Crippen molar-refractivity contribution in [2.24, 2.45) is 17.3 Å². The molecule has 3 unspecified atom stereocenters. The lowest BCUT2D eigenvalue weighted by molar-refractivity contribution is -0.151. The third kappa shape index (κ3) is 6.03. The lowest BCUT2D eigenvalue weighted by atomic mass is 9.51. The Kier molecular flexibility index (Phi) is 9.69. The van der Waals surface area contributed by atoms with E-state index in [1.807, 2.05) is 39.0 Å². The highest BCUT2D eigenvalue weighted by molar-refractivity contribution is 6.06. The molecule has 1 fully saturated rings. The molecule has 0 bridgehead atoms. The smallest absolute Gasteiger partial charge is 0.416 e. The Hall–Kier alpha value is -3.36. The minimum absolute atomic E-state index is 0.0664. The molecule has 1 heterocycles. The lowest BCUT2D eigenvalue weighted by Gasteiger charge is -2.56. The van der Waals surface area contributed by atoms with Crippen LogP contribution in [0.5, 0.6) is 0 Å². The molecule has 2 aromatic carbocycles. The van der Waals surface area contributed by atoms with Crippen LogP contribution in [0.25, 0.3) is 10.9 Å². The Morgan fingerprint density at radius 3 is 2.33 bits per heavy atom. The molecule has 0 spiro atoms. The number of rotatable bonds is 8. The second-order valence-corrected chi connectivity index (χ2v) is 10.6. The molecule has 3 atom stereocenters. The average Bonchev–Trinajstić information content (AvgIpc) is 3.32. The fourth-order valence-corrected chi connectivity index (χ4v) is 5.84. The van der Waals surface area contributed by atoms with Crippen molar-refractivity contribution < 1.29 is 27.5 Å². The number of benzene rings is 2. The van der Waals surface area contributed by atoms with Crippen molar-refractivity contribution in [3.05, 3.63) is 64.8 Å². The van der Waals surface area contributed by atoms with Gasteiger partial charge in [-0.1, -0.05) is 58.9 Å². The Morgan fingerprint density at radius 1 is 1.15 bits per heavy atom. The maximum atomic E-state index is 13.6. The molecule has 6 nitrogen and oxygen atoms in total. The maximum absolute atomic E-state index is 13.6. The van der Waals surface area contributed by atoms with Gasteiger partial charge in [0.1, 0.15) is 0 Å². The molecular weight excluding hydrogens is 519 g/mol. The first kappa shape index (κ1) is 31.2. The van der Waals surface area contributed by atoms with E-state index in [4.69, 9.17) is 4.74 Å². The normalized spacial score (nSPS) is 20.5. The first-order chi connectivity index (χ1) is 18.9. The first-order valence-corrected chi connectivity index (χ1v) is 13.9. The number of aromatic nitrogens is 2. The number of nitrogens with one attached hydrogen (secondary N) is 1. The molecule has 1 N–H and O–H groups in total. The van der Waals surface area contributed by atoms with E-state index >= 15 is 0 Å². The van der Waals surface area contributed by atoms with Crippen LogP contribution in [-0.2, 0) is 28.7 Å². The number of methoxy groups -OCH3 is 1. The van der Waals surface area contributed by atoms with E-state index in [0.717, 1.165) is 23.2 Å². The van der Waals surface area contributed by atoms with Crippen molar-refractivity contribution in [1.29, 1.82) is 0 Å². The summed E-state index contributed by atoms with van der Waals surface area (Å²) in [6, 6.07) is 10.6. The fraction of sp³-hybridized carbons (Fsp3) is 0.516. The van der Waals surface area contributed by atoms with E-state index in [2.05, 4.69) is 31.2 Å². The van der Waals surface area contributed by atoms with Gasteiger partial charge in [0.15, 0.2) is 5.69 Å². The number of alkyl halides is 3. The van der Waals surface area contributed by atoms with E-state index in [9.17, 15) is 22.8 Å². The summed E-state index contributed by atoms with van der Waals surface area (Å²) >= 11 is 0. The number of carbonyl (C=O) groups excluding carboxylic acids is 2. The van der Waals surface area contributed by atoms with Crippen LogP contribution >= 0.6 is 0 Å². The molecule has 0 saturated heterocycles. The molecular formula is C31H40F3N3O3. The molecule has 0 radical (unpaired) electrons. The van der Waals surface area contributed by atoms with Crippen LogP contribution in [0.4, 0.5) is 13.2 Å². The number of hydrogen-bond donors (Lipinski definition) is 1. The van der Waals surface area contributed by atoms with Crippen LogP contribution in [0.1, 0.15) is 81.6 Å². The quantitative estimate of drug-likeness (QED) is 0.301. The van der Waals surface area contributed by atoms with E-state index in [1.165, 1.54) is 19.2 Å². The van der Waals surface area contributed by atoms with E-state index in [0.29, 0.717) is 42.5 Å². The van der Waals surface area contributed by atoms with E-state index in [1.54, 1.807) is 4.68 Å². The average molecular weight is 560 g/mol. The summed E-state index contributed by atoms with van der Waals surface area (Å²) in [4.78, 5) is 25.6. The predicted octanol–water partition coefficient (Wildman–Crippen LogP) is 7.04. The Labute approximate surface area is 234 Å². The van der Waals surface area contributed by atoms with Crippen molar-refractivity contribution in [2.75, 3.05) is 7.11 Å². The third-order valence-corrected chi connectivity index (χ3v) is 8.33. The topological polar surface area (TPSA) is 73.2 Å². The number of fused-ring (bicyclic) bond motifs is 1. The van der Waals surface area contributed by atoms with Gasteiger partial charge in [0, 0.05) is 18.0 Å². The monoisotopic (exact) mass is 559 g/mol.